The molecule has 0 radical (unpaired) electrons. The summed E-state index contributed by atoms with van der Waals surface area (Å²) in [4.78, 5) is 19.4. The van der Waals surface area contributed by atoms with E-state index in [0.717, 1.165) is 46.2 Å². The van der Waals surface area contributed by atoms with Crippen LogP contribution >= 0.6 is 11.3 Å². The molecule has 1 atom stereocenters. The Labute approximate surface area is 192 Å². The van der Waals surface area contributed by atoms with Crippen LogP contribution < -0.4 is 4.74 Å². The Balaban J connectivity index is 1.59. The van der Waals surface area contributed by atoms with E-state index in [4.69, 9.17) is 4.74 Å². The molecule has 3 aromatic rings. The second-order valence-electron chi connectivity index (χ2n) is 7.99. The van der Waals surface area contributed by atoms with Gasteiger partial charge in [-0.05, 0) is 68.7 Å². The highest BCUT2D eigenvalue weighted by Gasteiger charge is 2.28. The molecule has 0 saturated carbocycles. The zero-order chi connectivity index (χ0) is 22.7. The lowest BCUT2D eigenvalue weighted by Gasteiger charge is -2.31. The Bertz CT molecular complexity index is 1170. The number of carbonyl (C=O) groups is 1. The van der Waals surface area contributed by atoms with E-state index < -0.39 is 0 Å². The number of nitriles is 1. The summed E-state index contributed by atoms with van der Waals surface area (Å²) in [6.07, 6.45) is 5.46. The van der Waals surface area contributed by atoms with Crippen LogP contribution in [0.1, 0.15) is 40.7 Å². The van der Waals surface area contributed by atoms with Crippen molar-refractivity contribution in [3.05, 3.63) is 69.4 Å². The van der Waals surface area contributed by atoms with Crippen LogP contribution in [0.3, 0.4) is 0 Å². The van der Waals surface area contributed by atoms with Crippen LogP contribution in [-0.4, -0.2) is 40.6 Å². The van der Waals surface area contributed by atoms with Gasteiger partial charge < -0.3 is 14.2 Å². The molecule has 7 heteroatoms. The summed E-state index contributed by atoms with van der Waals surface area (Å²) in [5.41, 5.74) is 4.06. The monoisotopic (exact) mass is 446 g/mol. The molecule has 3 heterocycles. The second kappa shape index (κ2) is 9.41. The first kappa shape index (κ1) is 21.8. The third-order valence-corrected chi connectivity index (χ3v) is 6.90. The lowest BCUT2D eigenvalue weighted by molar-refractivity contribution is -0.127. The van der Waals surface area contributed by atoms with Gasteiger partial charge in [0.2, 0.25) is 0 Å². The predicted molar refractivity (Wildman–Crippen MR) is 126 cm³/mol. The highest BCUT2D eigenvalue weighted by atomic mass is 32.1. The van der Waals surface area contributed by atoms with Crippen LogP contribution in [0.4, 0.5) is 0 Å². The number of carbonyl (C=O) groups excluding carboxylic acids is 1. The Morgan fingerprint density at radius 2 is 2.09 bits per heavy atom. The number of amides is 1. The Hall–Kier alpha value is -3.37. The van der Waals surface area contributed by atoms with Crippen molar-refractivity contribution >= 4 is 23.3 Å². The average Bonchev–Trinajstić information content (AvgIpc) is 3.45. The van der Waals surface area contributed by atoms with E-state index in [2.05, 4.69) is 15.6 Å². The predicted octanol–water partition coefficient (Wildman–Crippen LogP) is 4.87. The quantitative estimate of drug-likeness (QED) is 0.414. The fourth-order valence-corrected chi connectivity index (χ4v) is 5.10. The maximum atomic E-state index is 13.2. The van der Waals surface area contributed by atoms with Crippen molar-refractivity contribution in [1.29, 1.82) is 5.26 Å². The molecule has 2 aromatic heterocycles. The SMILES string of the molecule is COc1ccc(-n2c(C)cc(/C=C(/C#N)C(=O)N3CCCC(c4nccs4)C3)c2C)cc1. The third-order valence-electron chi connectivity index (χ3n) is 5.96. The molecule has 1 aromatic carbocycles. The highest BCUT2D eigenvalue weighted by Crippen LogP contribution is 2.29. The average molecular weight is 447 g/mol. The van der Waals surface area contributed by atoms with E-state index in [1.54, 1.807) is 35.6 Å². The zero-order valence-corrected chi connectivity index (χ0v) is 19.4. The smallest absolute Gasteiger partial charge is 0.264 e. The molecule has 32 heavy (non-hydrogen) atoms. The molecule has 0 bridgehead atoms. The molecule has 0 spiro atoms. The molecular weight excluding hydrogens is 420 g/mol. The first-order chi connectivity index (χ1) is 15.5. The van der Waals surface area contributed by atoms with E-state index >= 15 is 0 Å². The van der Waals surface area contributed by atoms with E-state index in [1.165, 1.54) is 0 Å². The summed E-state index contributed by atoms with van der Waals surface area (Å²) in [5, 5.41) is 12.8. The van der Waals surface area contributed by atoms with Crippen molar-refractivity contribution in [2.75, 3.05) is 20.2 Å². The molecule has 1 aliphatic rings. The van der Waals surface area contributed by atoms with Crippen LogP contribution in [-0.2, 0) is 4.79 Å². The minimum Gasteiger partial charge on any atom is -0.497 e. The number of likely N-dealkylation sites (tertiary alicyclic amines) is 1. The van der Waals surface area contributed by atoms with Crippen LogP contribution in [0.25, 0.3) is 11.8 Å². The number of aromatic nitrogens is 2. The van der Waals surface area contributed by atoms with Gasteiger partial charge >= 0.3 is 0 Å². The van der Waals surface area contributed by atoms with E-state index in [0.29, 0.717) is 13.1 Å². The normalized spacial score (nSPS) is 16.6. The van der Waals surface area contributed by atoms with Gasteiger partial charge in [0.15, 0.2) is 0 Å². The second-order valence-corrected chi connectivity index (χ2v) is 8.92. The Morgan fingerprint density at radius 3 is 2.75 bits per heavy atom. The van der Waals surface area contributed by atoms with Crippen LogP contribution in [0, 0.1) is 25.2 Å². The Morgan fingerprint density at radius 1 is 1.31 bits per heavy atom. The molecule has 1 fully saturated rings. The van der Waals surface area contributed by atoms with Crippen molar-refractivity contribution in [1.82, 2.24) is 14.5 Å². The third kappa shape index (κ3) is 4.32. The van der Waals surface area contributed by atoms with Gasteiger partial charge in [0.05, 0.1) is 12.1 Å². The molecule has 1 saturated heterocycles. The first-order valence-corrected chi connectivity index (χ1v) is 11.5. The van der Waals surface area contributed by atoms with Crippen molar-refractivity contribution in [2.45, 2.75) is 32.6 Å². The van der Waals surface area contributed by atoms with Gasteiger partial charge in [0.25, 0.3) is 5.91 Å². The van der Waals surface area contributed by atoms with Gasteiger partial charge in [-0.25, -0.2) is 4.98 Å². The lowest BCUT2D eigenvalue weighted by Crippen LogP contribution is -2.39. The number of benzene rings is 1. The minimum absolute atomic E-state index is 0.166. The molecule has 0 aliphatic carbocycles. The number of thiazole rings is 1. The number of hydrogen-bond donors (Lipinski definition) is 0. The summed E-state index contributed by atoms with van der Waals surface area (Å²) in [6.45, 7) is 5.30. The van der Waals surface area contributed by atoms with Gasteiger partial charge in [-0.1, -0.05) is 0 Å². The summed E-state index contributed by atoms with van der Waals surface area (Å²) in [6, 6.07) is 12.0. The Kier molecular flexibility index (Phi) is 6.42. The highest BCUT2D eigenvalue weighted by molar-refractivity contribution is 7.09. The number of rotatable bonds is 5. The molecule has 1 unspecified atom stereocenters. The van der Waals surface area contributed by atoms with E-state index in [-0.39, 0.29) is 17.4 Å². The van der Waals surface area contributed by atoms with Gasteiger partial charge in [-0.2, -0.15) is 5.26 Å². The van der Waals surface area contributed by atoms with Crippen LogP contribution in [0.15, 0.2) is 47.5 Å². The van der Waals surface area contributed by atoms with E-state index in [9.17, 15) is 10.1 Å². The number of methoxy groups -OCH3 is 1. The molecule has 164 valence electrons. The standard InChI is InChI=1S/C25H26N4O2S/c1-17-13-20(18(2)29(17)22-6-8-23(31-3)9-7-22)14-21(15-26)25(30)28-11-4-5-19(16-28)24-27-10-12-32-24/h6-10,12-14,19H,4-5,11,16H2,1-3H3/b21-14-. The number of piperidine rings is 1. The van der Waals surface area contributed by atoms with Gasteiger partial charge in [0, 0.05) is 47.7 Å². The number of ether oxygens (including phenoxy) is 1. The zero-order valence-electron chi connectivity index (χ0n) is 18.5. The summed E-state index contributed by atoms with van der Waals surface area (Å²) in [7, 11) is 1.64. The van der Waals surface area contributed by atoms with E-state index in [1.807, 2.05) is 49.6 Å². The van der Waals surface area contributed by atoms with Crippen LogP contribution in [0.2, 0.25) is 0 Å². The number of hydrogen-bond acceptors (Lipinski definition) is 5. The van der Waals surface area contributed by atoms with Gasteiger partial charge in [0.1, 0.15) is 17.4 Å². The number of aryl methyl sites for hydroxylation is 1. The molecular formula is C25H26N4O2S. The fourth-order valence-electron chi connectivity index (χ4n) is 4.33. The van der Waals surface area contributed by atoms with Crippen molar-refractivity contribution in [2.24, 2.45) is 0 Å². The van der Waals surface area contributed by atoms with Crippen LogP contribution in [0.5, 0.6) is 5.75 Å². The topological polar surface area (TPSA) is 71.2 Å². The lowest BCUT2D eigenvalue weighted by atomic mass is 9.98. The van der Waals surface area contributed by atoms with Crippen molar-refractivity contribution < 1.29 is 9.53 Å². The van der Waals surface area contributed by atoms with Crippen molar-refractivity contribution in [3.63, 3.8) is 0 Å². The minimum atomic E-state index is -0.206. The maximum Gasteiger partial charge on any atom is 0.264 e. The van der Waals surface area contributed by atoms with Gasteiger partial charge in [-0.15, -0.1) is 11.3 Å². The molecule has 1 aliphatic heterocycles. The molecule has 6 nitrogen and oxygen atoms in total. The molecule has 4 rings (SSSR count). The summed E-state index contributed by atoms with van der Waals surface area (Å²) >= 11 is 1.63. The summed E-state index contributed by atoms with van der Waals surface area (Å²) < 4.78 is 7.37. The largest absolute Gasteiger partial charge is 0.497 e. The summed E-state index contributed by atoms with van der Waals surface area (Å²) in [5.74, 6) is 0.835. The number of nitrogens with zero attached hydrogens (tertiary/aromatic N) is 4. The molecule has 0 N–H and O–H groups in total. The van der Waals surface area contributed by atoms with Crippen molar-refractivity contribution in [3.8, 4) is 17.5 Å². The first-order valence-electron chi connectivity index (χ1n) is 10.7. The maximum absolute atomic E-state index is 13.2. The van der Waals surface area contributed by atoms with Gasteiger partial charge in [-0.3, -0.25) is 4.79 Å². The molecule has 1 amide bonds. The fraction of sp³-hybridized carbons (Fsp3) is 0.320.